The molecule has 0 aliphatic rings. The number of nitrogens with zero attached hydrogens (tertiary/aromatic N) is 5. The van der Waals surface area contributed by atoms with Gasteiger partial charge in [-0.3, -0.25) is 14.4 Å². The predicted octanol–water partition coefficient (Wildman–Crippen LogP) is 3.74. The van der Waals surface area contributed by atoms with Crippen molar-refractivity contribution in [3.63, 3.8) is 0 Å². The van der Waals surface area contributed by atoms with Crippen molar-refractivity contribution in [2.45, 2.75) is 40.2 Å². The van der Waals surface area contributed by atoms with Crippen LogP contribution in [0, 0.1) is 5.92 Å². The van der Waals surface area contributed by atoms with Gasteiger partial charge in [0.05, 0.1) is 12.4 Å². The van der Waals surface area contributed by atoms with Crippen LogP contribution >= 0.6 is 0 Å². The van der Waals surface area contributed by atoms with Crippen LogP contribution in [0.2, 0.25) is 0 Å². The molecule has 0 fully saturated rings. The van der Waals surface area contributed by atoms with Crippen LogP contribution in [0.1, 0.15) is 45.0 Å². The molecular weight excluding hydrogens is 382 g/mol. The zero-order valence-electron chi connectivity index (χ0n) is 17.7. The lowest BCUT2D eigenvalue weighted by Crippen LogP contribution is -2.32. The van der Waals surface area contributed by atoms with Gasteiger partial charge in [-0.15, -0.1) is 0 Å². The van der Waals surface area contributed by atoms with Gasteiger partial charge in [0.25, 0.3) is 0 Å². The predicted molar refractivity (Wildman–Crippen MR) is 115 cm³/mol. The average Bonchev–Trinajstić information content (AvgIpc) is 3.18. The first-order valence-electron chi connectivity index (χ1n) is 9.97. The normalized spacial score (nSPS) is 11.3. The lowest BCUT2D eigenvalue weighted by molar-refractivity contribution is 0.201. The van der Waals surface area contributed by atoms with Crippen LogP contribution in [-0.2, 0) is 6.42 Å². The number of rotatable bonds is 7. The number of anilines is 1. The molecule has 0 unspecified atom stereocenters. The Hall–Kier alpha value is -3.42. The minimum Gasteiger partial charge on any atom is -0.465 e. The van der Waals surface area contributed by atoms with Gasteiger partial charge in [-0.2, -0.15) is 10.2 Å². The molecule has 0 atom stereocenters. The van der Waals surface area contributed by atoms with Crippen molar-refractivity contribution in [1.82, 2.24) is 19.6 Å². The van der Waals surface area contributed by atoms with E-state index in [0.717, 1.165) is 11.3 Å². The van der Waals surface area contributed by atoms with Crippen LogP contribution in [0.25, 0.3) is 5.69 Å². The van der Waals surface area contributed by atoms with Gasteiger partial charge in [0, 0.05) is 37.0 Å². The summed E-state index contributed by atoms with van der Waals surface area (Å²) in [7, 11) is 0. The molecule has 2 heterocycles. The van der Waals surface area contributed by atoms with Crippen molar-refractivity contribution in [2.24, 2.45) is 5.92 Å². The van der Waals surface area contributed by atoms with E-state index in [4.69, 9.17) is 0 Å². The fourth-order valence-electron chi connectivity index (χ4n) is 3.13. The molecule has 0 aliphatic heterocycles. The SMILES string of the molecule is CC(C)CN(C(=O)O)c1cccc(Cc2nn(-c3cnn(C(C)C)c3)ccc2=O)c1. The Kier molecular flexibility index (Phi) is 6.34. The summed E-state index contributed by atoms with van der Waals surface area (Å²) in [6, 6.07) is 8.94. The van der Waals surface area contributed by atoms with E-state index in [-0.39, 0.29) is 17.4 Å². The summed E-state index contributed by atoms with van der Waals surface area (Å²) in [6.07, 6.45) is 4.52. The van der Waals surface area contributed by atoms with Gasteiger partial charge >= 0.3 is 6.09 Å². The average molecular weight is 409 g/mol. The first kappa shape index (κ1) is 21.3. The van der Waals surface area contributed by atoms with Gasteiger partial charge in [0.2, 0.25) is 5.43 Å². The van der Waals surface area contributed by atoms with Gasteiger partial charge in [-0.25, -0.2) is 9.48 Å². The molecule has 0 radical (unpaired) electrons. The highest BCUT2D eigenvalue weighted by Gasteiger charge is 2.16. The number of amides is 1. The second-order valence-electron chi connectivity index (χ2n) is 7.98. The Morgan fingerprint density at radius 3 is 2.60 bits per heavy atom. The third kappa shape index (κ3) is 4.94. The van der Waals surface area contributed by atoms with Gasteiger partial charge in [-0.05, 0) is 37.5 Å². The molecule has 8 nitrogen and oxygen atoms in total. The fourth-order valence-corrected chi connectivity index (χ4v) is 3.13. The molecule has 2 aromatic heterocycles. The Morgan fingerprint density at radius 2 is 1.97 bits per heavy atom. The maximum atomic E-state index is 12.4. The van der Waals surface area contributed by atoms with Crippen LogP contribution in [0.5, 0.6) is 0 Å². The lowest BCUT2D eigenvalue weighted by atomic mass is 10.1. The zero-order chi connectivity index (χ0) is 21.8. The summed E-state index contributed by atoms with van der Waals surface area (Å²) in [5.74, 6) is 0.194. The third-order valence-corrected chi connectivity index (χ3v) is 4.63. The minimum absolute atomic E-state index is 0.162. The van der Waals surface area contributed by atoms with Crippen LogP contribution in [0.4, 0.5) is 10.5 Å². The highest BCUT2D eigenvalue weighted by Crippen LogP contribution is 2.19. The van der Waals surface area contributed by atoms with Crippen molar-refractivity contribution in [2.75, 3.05) is 11.4 Å². The first-order valence-corrected chi connectivity index (χ1v) is 9.97. The number of carboxylic acid groups (broad SMARTS) is 1. The summed E-state index contributed by atoms with van der Waals surface area (Å²) in [5.41, 5.74) is 2.40. The summed E-state index contributed by atoms with van der Waals surface area (Å²) in [5, 5.41) is 18.4. The zero-order valence-corrected chi connectivity index (χ0v) is 17.7. The molecule has 1 aromatic carbocycles. The summed E-state index contributed by atoms with van der Waals surface area (Å²) < 4.78 is 3.46. The largest absolute Gasteiger partial charge is 0.465 e. The molecule has 8 heteroatoms. The Labute approximate surface area is 175 Å². The van der Waals surface area contributed by atoms with Crippen molar-refractivity contribution < 1.29 is 9.90 Å². The van der Waals surface area contributed by atoms with E-state index in [1.807, 2.05) is 44.6 Å². The molecule has 0 bridgehead atoms. The standard InChI is InChI=1S/C22H27N5O3/c1-15(2)13-25(22(29)30)18-7-5-6-17(10-18)11-20-21(28)8-9-26(24-20)19-12-23-27(14-19)16(3)4/h5-10,12,14-16H,11,13H2,1-4H3,(H,29,30). The molecule has 0 spiro atoms. The quantitative estimate of drug-likeness (QED) is 0.642. The van der Waals surface area contributed by atoms with Crippen LogP contribution in [0.3, 0.4) is 0 Å². The van der Waals surface area contributed by atoms with E-state index in [2.05, 4.69) is 10.2 Å². The number of benzene rings is 1. The van der Waals surface area contributed by atoms with E-state index in [9.17, 15) is 14.7 Å². The molecule has 0 saturated heterocycles. The molecule has 30 heavy (non-hydrogen) atoms. The highest BCUT2D eigenvalue weighted by atomic mass is 16.4. The smallest absolute Gasteiger partial charge is 0.411 e. The van der Waals surface area contributed by atoms with Gasteiger partial charge in [-0.1, -0.05) is 26.0 Å². The van der Waals surface area contributed by atoms with E-state index < -0.39 is 6.09 Å². The van der Waals surface area contributed by atoms with Crippen LogP contribution in [0.15, 0.2) is 53.7 Å². The van der Waals surface area contributed by atoms with Crippen molar-refractivity contribution in [1.29, 1.82) is 0 Å². The van der Waals surface area contributed by atoms with Crippen molar-refractivity contribution in [3.8, 4) is 5.69 Å². The number of hydrogen-bond donors (Lipinski definition) is 1. The summed E-state index contributed by atoms with van der Waals surface area (Å²) >= 11 is 0. The van der Waals surface area contributed by atoms with Crippen LogP contribution in [-0.4, -0.2) is 37.3 Å². The number of hydrogen-bond acceptors (Lipinski definition) is 4. The Balaban J connectivity index is 1.89. The molecule has 3 aromatic rings. The van der Waals surface area contributed by atoms with Crippen LogP contribution < -0.4 is 10.3 Å². The van der Waals surface area contributed by atoms with Crippen molar-refractivity contribution >= 4 is 11.8 Å². The van der Waals surface area contributed by atoms with E-state index in [0.29, 0.717) is 24.3 Å². The van der Waals surface area contributed by atoms with Gasteiger partial charge < -0.3 is 5.11 Å². The molecule has 1 N–H and O–H groups in total. The summed E-state index contributed by atoms with van der Waals surface area (Å²) in [4.78, 5) is 25.4. The fraction of sp³-hybridized carbons (Fsp3) is 0.364. The number of aromatic nitrogens is 4. The second kappa shape index (κ2) is 8.94. The molecular formula is C22H27N5O3. The summed E-state index contributed by atoms with van der Waals surface area (Å²) in [6.45, 7) is 8.41. The minimum atomic E-state index is -0.997. The molecule has 158 valence electrons. The van der Waals surface area contributed by atoms with E-state index in [1.165, 1.54) is 11.0 Å². The molecule has 3 rings (SSSR count). The second-order valence-corrected chi connectivity index (χ2v) is 7.98. The maximum absolute atomic E-state index is 12.4. The third-order valence-electron chi connectivity index (χ3n) is 4.63. The lowest BCUT2D eigenvalue weighted by Gasteiger charge is -2.22. The van der Waals surface area contributed by atoms with Crippen molar-refractivity contribution in [3.05, 3.63) is 70.4 Å². The highest BCUT2D eigenvalue weighted by molar-refractivity contribution is 5.86. The topological polar surface area (TPSA) is 93.2 Å². The Morgan fingerprint density at radius 1 is 1.20 bits per heavy atom. The van der Waals surface area contributed by atoms with E-state index >= 15 is 0 Å². The molecule has 0 saturated carbocycles. The van der Waals surface area contributed by atoms with Gasteiger partial charge in [0.1, 0.15) is 11.4 Å². The van der Waals surface area contributed by atoms with E-state index in [1.54, 1.807) is 35.3 Å². The monoisotopic (exact) mass is 409 g/mol. The number of carbonyl (C=O) groups is 1. The maximum Gasteiger partial charge on any atom is 0.411 e. The first-order chi connectivity index (χ1) is 14.2. The Bertz CT molecular complexity index is 1080. The molecule has 1 amide bonds. The van der Waals surface area contributed by atoms with Gasteiger partial charge in [0.15, 0.2) is 0 Å². The molecule has 0 aliphatic carbocycles.